The van der Waals surface area contributed by atoms with Crippen LogP contribution in [0.2, 0.25) is 0 Å². The van der Waals surface area contributed by atoms with Crippen LogP contribution in [-0.2, 0) is 25.3 Å². The fourth-order valence-electron chi connectivity index (χ4n) is 3.77. The van der Waals surface area contributed by atoms with Gasteiger partial charge >= 0.3 is 0 Å². The number of hydrogen-bond acceptors (Lipinski definition) is 4. The van der Waals surface area contributed by atoms with E-state index in [9.17, 15) is 10.1 Å². The molecule has 0 fully saturated rings. The van der Waals surface area contributed by atoms with Crippen LogP contribution < -0.4 is 5.56 Å². The first-order valence-corrected chi connectivity index (χ1v) is 9.30. The lowest BCUT2D eigenvalue weighted by Crippen LogP contribution is -2.23. The summed E-state index contributed by atoms with van der Waals surface area (Å²) in [5.41, 5.74) is 4.32. The number of aryl methyl sites for hydroxylation is 2. The molecule has 1 N–H and O–H groups in total. The Morgan fingerprint density at radius 3 is 2.79 bits per heavy atom. The third-order valence-corrected chi connectivity index (χ3v) is 5.44. The highest BCUT2D eigenvalue weighted by molar-refractivity contribution is 5.81. The molecule has 2 heterocycles. The number of hydrogen-bond donors (Lipinski definition) is 1. The van der Waals surface area contributed by atoms with E-state index in [-0.39, 0.29) is 5.56 Å². The molecule has 2 aromatic carbocycles. The van der Waals surface area contributed by atoms with Gasteiger partial charge in [-0.3, -0.25) is 4.79 Å². The van der Waals surface area contributed by atoms with Crippen molar-refractivity contribution >= 4 is 21.9 Å². The van der Waals surface area contributed by atoms with Crippen molar-refractivity contribution in [3.8, 4) is 6.07 Å². The van der Waals surface area contributed by atoms with Crippen molar-refractivity contribution < 1.29 is 0 Å². The third kappa shape index (κ3) is 2.85. The summed E-state index contributed by atoms with van der Waals surface area (Å²) in [7, 11) is 1.86. The van der Waals surface area contributed by atoms with Gasteiger partial charge in [0.15, 0.2) is 0 Å². The van der Waals surface area contributed by atoms with Gasteiger partial charge in [-0.1, -0.05) is 36.4 Å². The first-order chi connectivity index (χ1) is 13.4. The average Bonchev–Trinajstić information content (AvgIpc) is 3.09. The molecule has 0 saturated heterocycles. The van der Waals surface area contributed by atoms with Crippen LogP contribution in [0.1, 0.15) is 30.5 Å². The van der Waals surface area contributed by atoms with E-state index < -0.39 is 5.41 Å². The minimum Gasteiger partial charge on any atom is -0.322 e. The molecule has 0 spiro atoms. The number of nitriles is 1. The molecule has 1 unspecified atom stereocenters. The monoisotopic (exact) mass is 371 g/mol. The molecule has 0 aliphatic rings. The van der Waals surface area contributed by atoms with Gasteiger partial charge in [-0.15, -0.1) is 5.10 Å². The number of aromatic nitrogens is 4. The zero-order valence-corrected chi connectivity index (χ0v) is 16.2. The van der Waals surface area contributed by atoms with Crippen molar-refractivity contribution in [1.82, 2.24) is 20.0 Å². The Morgan fingerprint density at radius 2 is 2.04 bits per heavy atom. The second kappa shape index (κ2) is 6.61. The predicted octanol–water partition coefficient (Wildman–Crippen LogP) is 3.40. The molecule has 1 atom stereocenters. The smallest absolute Gasteiger partial charge is 0.251 e. The normalized spacial score (nSPS) is 13.5. The van der Waals surface area contributed by atoms with Gasteiger partial charge in [0.1, 0.15) is 5.52 Å². The van der Waals surface area contributed by atoms with Gasteiger partial charge in [0.2, 0.25) is 0 Å². The van der Waals surface area contributed by atoms with Crippen LogP contribution in [0.4, 0.5) is 0 Å². The van der Waals surface area contributed by atoms with Gasteiger partial charge in [0.25, 0.3) is 5.56 Å². The van der Waals surface area contributed by atoms with Gasteiger partial charge in [-0.05, 0) is 54.5 Å². The van der Waals surface area contributed by atoms with E-state index in [1.54, 1.807) is 4.68 Å². The van der Waals surface area contributed by atoms with Gasteiger partial charge in [-0.2, -0.15) is 5.26 Å². The number of nitrogens with zero attached hydrogens (tertiary/aromatic N) is 4. The van der Waals surface area contributed by atoms with Gasteiger partial charge in [-0.25, -0.2) is 4.68 Å². The first-order valence-electron chi connectivity index (χ1n) is 9.30. The van der Waals surface area contributed by atoms with Crippen LogP contribution in [0.5, 0.6) is 0 Å². The molecular formula is C22H21N5O. The second-order valence-corrected chi connectivity index (χ2v) is 7.40. The van der Waals surface area contributed by atoms with Crippen molar-refractivity contribution in [2.75, 3.05) is 0 Å². The summed E-state index contributed by atoms with van der Waals surface area (Å²) < 4.78 is 1.74. The van der Waals surface area contributed by atoms with Crippen molar-refractivity contribution in [3.63, 3.8) is 0 Å². The molecule has 28 heavy (non-hydrogen) atoms. The zero-order valence-electron chi connectivity index (χ0n) is 16.2. The lowest BCUT2D eigenvalue weighted by Gasteiger charge is -2.23. The number of para-hydroxylation sites is 1. The summed E-state index contributed by atoms with van der Waals surface area (Å²) >= 11 is 0. The maximum Gasteiger partial charge on any atom is 0.251 e. The van der Waals surface area contributed by atoms with E-state index in [2.05, 4.69) is 21.4 Å². The predicted molar refractivity (Wildman–Crippen MR) is 109 cm³/mol. The van der Waals surface area contributed by atoms with Crippen molar-refractivity contribution in [2.45, 2.75) is 32.1 Å². The minimum absolute atomic E-state index is 0.0727. The first kappa shape index (κ1) is 17.9. The highest BCUT2D eigenvalue weighted by atomic mass is 16.1. The molecule has 2 aromatic heterocycles. The van der Waals surface area contributed by atoms with Gasteiger partial charge in [0, 0.05) is 18.1 Å². The summed E-state index contributed by atoms with van der Waals surface area (Å²) in [5, 5.41) is 19.3. The number of nitrogens with one attached hydrogen (secondary N) is 1. The van der Waals surface area contributed by atoms with Crippen LogP contribution in [0.3, 0.4) is 0 Å². The minimum atomic E-state index is -0.757. The Morgan fingerprint density at radius 1 is 1.21 bits per heavy atom. The van der Waals surface area contributed by atoms with E-state index in [1.165, 1.54) is 0 Å². The lowest BCUT2D eigenvalue weighted by atomic mass is 9.78. The number of H-pyrrole nitrogens is 1. The molecule has 0 radical (unpaired) electrons. The van der Waals surface area contributed by atoms with Crippen molar-refractivity contribution in [1.29, 1.82) is 5.26 Å². The number of pyridine rings is 1. The van der Waals surface area contributed by atoms with E-state index in [4.69, 9.17) is 0 Å². The molecule has 0 bridgehead atoms. The van der Waals surface area contributed by atoms with Crippen molar-refractivity contribution in [2.24, 2.45) is 7.05 Å². The van der Waals surface area contributed by atoms with E-state index in [0.717, 1.165) is 38.6 Å². The molecule has 4 rings (SSSR count). The maximum atomic E-state index is 12.2. The largest absolute Gasteiger partial charge is 0.322 e. The molecule has 6 heteroatoms. The van der Waals surface area contributed by atoms with Crippen LogP contribution in [0.25, 0.3) is 21.9 Å². The number of aromatic amines is 1. The number of fused-ring (bicyclic) bond motifs is 2. The van der Waals surface area contributed by atoms with Crippen LogP contribution in [-0.4, -0.2) is 20.0 Å². The summed E-state index contributed by atoms with van der Waals surface area (Å²) in [6.45, 7) is 3.89. The Kier molecular flexibility index (Phi) is 4.23. The van der Waals surface area contributed by atoms with Crippen LogP contribution in [0, 0.1) is 11.3 Å². The molecule has 0 aliphatic carbocycles. The maximum absolute atomic E-state index is 12.2. The molecule has 0 amide bonds. The Balaban J connectivity index is 1.82. The quantitative estimate of drug-likeness (QED) is 0.596. The molecule has 4 aromatic rings. The highest BCUT2D eigenvalue weighted by Crippen LogP contribution is 2.31. The SMILES string of the molecule is CCc1cc2ccc(C(C)(C#N)Cc3cccc4nnn(C)c34)cc2[nH]c1=O. The van der Waals surface area contributed by atoms with Gasteiger partial charge < -0.3 is 4.98 Å². The molecule has 0 aliphatic heterocycles. The van der Waals surface area contributed by atoms with Crippen LogP contribution >= 0.6 is 0 Å². The Hall–Kier alpha value is -3.46. The highest BCUT2D eigenvalue weighted by Gasteiger charge is 2.29. The van der Waals surface area contributed by atoms with Crippen LogP contribution in [0.15, 0.2) is 47.3 Å². The number of rotatable bonds is 4. The summed E-state index contributed by atoms with van der Waals surface area (Å²) in [5.74, 6) is 0. The molecule has 0 saturated carbocycles. The fourth-order valence-corrected chi connectivity index (χ4v) is 3.77. The summed E-state index contributed by atoms with van der Waals surface area (Å²) in [4.78, 5) is 15.2. The summed E-state index contributed by atoms with van der Waals surface area (Å²) in [6.07, 6.45) is 1.20. The van der Waals surface area contributed by atoms with E-state index >= 15 is 0 Å². The molecule has 6 nitrogen and oxygen atoms in total. The topological polar surface area (TPSA) is 87.4 Å². The fraction of sp³-hybridized carbons (Fsp3) is 0.273. The Labute approximate surface area is 162 Å². The average molecular weight is 371 g/mol. The standard InChI is InChI=1S/C22H21N5O/c1-4-14-10-15-8-9-17(11-19(15)24-21(14)28)22(2,13-23)12-16-6-5-7-18-20(16)27(3)26-25-18/h5-11H,4,12H2,1-3H3,(H,24,28). The lowest BCUT2D eigenvalue weighted by molar-refractivity contribution is 0.606. The Bertz CT molecular complexity index is 1290. The summed E-state index contributed by atoms with van der Waals surface area (Å²) in [6, 6.07) is 16.1. The van der Waals surface area contributed by atoms with E-state index in [0.29, 0.717) is 12.8 Å². The van der Waals surface area contributed by atoms with Crippen molar-refractivity contribution in [3.05, 3.63) is 69.5 Å². The number of benzene rings is 2. The molecular weight excluding hydrogens is 350 g/mol. The second-order valence-electron chi connectivity index (χ2n) is 7.40. The van der Waals surface area contributed by atoms with Gasteiger partial charge in [0.05, 0.1) is 17.0 Å². The van der Waals surface area contributed by atoms with E-state index in [1.807, 2.05) is 63.4 Å². The third-order valence-electron chi connectivity index (χ3n) is 5.44. The zero-order chi connectivity index (χ0) is 19.9. The molecule has 140 valence electrons.